The van der Waals surface area contributed by atoms with Crippen molar-refractivity contribution in [3.8, 4) is 0 Å². The smallest absolute Gasteiger partial charge is 0.248 e. The number of anilines is 1. The molecule has 116 valence electrons. The van der Waals surface area contributed by atoms with Gasteiger partial charge in [0.25, 0.3) is 0 Å². The zero-order valence-electron chi connectivity index (χ0n) is 13.3. The molecular weight excluding hydrogens is 264 g/mol. The summed E-state index contributed by atoms with van der Waals surface area (Å²) in [5.74, 6) is -0.0696. The molecular formula is C17H26N2O2. The molecule has 1 rings (SSSR count). The van der Waals surface area contributed by atoms with Gasteiger partial charge in [0.2, 0.25) is 5.91 Å². The van der Waals surface area contributed by atoms with E-state index >= 15 is 0 Å². The average molecular weight is 290 g/mol. The largest absolute Gasteiger partial charge is 0.378 e. The van der Waals surface area contributed by atoms with Crippen LogP contribution in [0.4, 0.5) is 5.69 Å². The molecule has 1 N–H and O–H groups in total. The molecule has 1 atom stereocenters. The summed E-state index contributed by atoms with van der Waals surface area (Å²) in [7, 11) is 4.06. The van der Waals surface area contributed by atoms with E-state index < -0.39 is 6.10 Å². The van der Waals surface area contributed by atoms with Gasteiger partial charge in [0.05, 0.1) is 6.61 Å². The van der Waals surface area contributed by atoms with Gasteiger partial charge in [0, 0.05) is 26.3 Å². The monoisotopic (exact) mass is 290 g/mol. The Bertz CT molecular complexity index is 441. The maximum Gasteiger partial charge on any atom is 0.248 e. The fourth-order valence-electron chi connectivity index (χ4n) is 1.90. The number of rotatable bonds is 9. The van der Waals surface area contributed by atoms with Gasteiger partial charge in [0.1, 0.15) is 6.10 Å². The van der Waals surface area contributed by atoms with Crippen molar-refractivity contribution < 1.29 is 9.53 Å². The van der Waals surface area contributed by atoms with Crippen molar-refractivity contribution in [1.82, 2.24) is 5.32 Å². The lowest BCUT2D eigenvalue weighted by Gasteiger charge is -2.13. The van der Waals surface area contributed by atoms with E-state index in [2.05, 4.69) is 41.1 Å². The van der Waals surface area contributed by atoms with Crippen LogP contribution in [0.2, 0.25) is 0 Å². The van der Waals surface area contributed by atoms with E-state index in [-0.39, 0.29) is 5.91 Å². The summed E-state index contributed by atoms with van der Waals surface area (Å²) in [6.07, 6.45) is 3.08. The van der Waals surface area contributed by atoms with Gasteiger partial charge in [-0.05, 0) is 37.5 Å². The molecule has 0 aromatic heterocycles. The van der Waals surface area contributed by atoms with Crippen LogP contribution in [0.1, 0.15) is 18.9 Å². The highest BCUT2D eigenvalue weighted by Crippen LogP contribution is 2.13. The standard InChI is InChI=1S/C17H26N2O2/c1-5-13-21-14(2)17(20)18-12-6-7-15-8-10-16(11-9-15)19(3)4/h5,8-11,14H,1,6-7,12-13H2,2-4H3,(H,18,20)/t14-/m0/s1. The predicted molar refractivity (Wildman–Crippen MR) is 87.7 cm³/mol. The highest BCUT2D eigenvalue weighted by molar-refractivity contribution is 5.80. The van der Waals surface area contributed by atoms with Gasteiger partial charge in [-0.25, -0.2) is 0 Å². The lowest BCUT2D eigenvalue weighted by molar-refractivity contribution is -0.130. The molecule has 0 heterocycles. The Labute approximate surface area is 127 Å². The Kier molecular flexibility index (Phi) is 7.54. The van der Waals surface area contributed by atoms with Gasteiger partial charge in [-0.2, -0.15) is 0 Å². The molecule has 4 nitrogen and oxygen atoms in total. The number of carbonyl (C=O) groups excluding carboxylic acids is 1. The third kappa shape index (κ3) is 6.45. The fraction of sp³-hybridized carbons (Fsp3) is 0.471. The maximum absolute atomic E-state index is 11.7. The molecule has 0 spiro atoms. The lowest BCUT2D eigenvalue weighted by atomic mass is 10.1. The summed E-state index contributed by atoms with van der Waals surface area (Å²) in [6.45, 7) is 6.37. The van der Waals surface area contributed by atoms with Crippen LogP contribution < -0.4 is 10.2 Å². The van der Waals surface area contributed by atoms with E-state index in [1.165, 1.54) is 11.3 Å². The second-order valence-electron chi connectivity index (χ2n) is 5.22. The fourth-order valence-corrected chi connectivity index (χ4v) is 1.90. The summed E-state index contributed by atoms with van der Waals surface area (Å²) < 4.78 is 5.27. The first-order chi connectivity index (χ1) is 10.0. The number of nitrogens with zero attached hydrogens (tertiary/aromatic N) is 1. The zero-order chi connectivity index (χ0) is 15.7. The summed E-state index contributed by atoms with van der Waals surface area (Å²) >= 11 is 0. The summed E-state index contributed by atoms with van der Waals surface area (Å²) in [5, 5.41) is 2.88. The van der Waals surface area contributed by atoms with Gasteiger partial charge in [-0.15, -0.1) is 6.58 Å². The van der Waals surface area contributed by atoms with E-state index in [1.54, 1.807) is 13.0 Å². The second kappa shape index (κ2) is 9.19. The van der Waals surface area contributed by atoms with Crippen molar-refractivity contribution >= 4 is 11.6 Å². The van der Waals surface area contributed by atoms with Crippen molar-refractivity contribution in [3.63, 3.8) is 0 Å². The van der Waals surface area contributed by atoms with Crippen LogP contribution in [0.5, 0.6) is 0 Å². The minimum atomic E-state index is -0.428. The molecule has 0 fully saturated rings. The number of amides is 1. The van der Waals surface area contributed by atoms with Crippen molar-refractivity contribution in [2.45, 2.75) is 25.9 Å². The number of ether oxygens (including phenoxy) is 1. The molecule has 0 bridgehead atoms. The van der Waals surface area contributed by atoms with Crippen LogP contribution in [0, 0.1) is 0 Å². The minimum Gasteiger partial charge on any atom is -0.378 e. The zero-order valence-corrected chi connectivity index (χ0v) is 13.3. The van der Waals surface area contributed by atoms with Crippen molar-refractivity contribution in [3.05, 3.63) is 42.5 Å². The molecule has 0 saturated heterocycles. The first-order valence-corrected chi connectivity index (χ1v) is 7.31. The third-order valence-corrected chi connectivity index (χ3v) is 3.23. The molecule has 21 heavy (non-hydrogen) atoms. The molecule has 0 radical (unpaired) electrons. The SMILES string of the molecule is C=CCO[C@@H](C)C(=O)NCCCc1ccc(N(C)C)cc1. The van der Waals surface area contributed by atoms with Crippen LogP contribution in [0.15, 0.2) is 36.9 Å². The van der Waals surface area contributed by atoms with E-state index in [9.17, 15) is 4.79 Å². The van der Waals surface area contributed by atoms with Crippen molar-refractivity contribution in [1.29, 1.82) is 0 Å². The third-order valence-electron chi connectivity index (χ3n) is 3.23. The quantitative estimate of drug-likeness (QED) is 0.561. The van der Waals surface area contributed by atoms with E-state index in [0.717, 1.165) is 12.8 Å². The van der Waals surface area contributed by atoms with Gasteiger partial charge >= 0.3 is 0 Å². The number of benzene rings is 1. The van der Waals surface area contributed by atoms with Crippen molar-refractivity contribution in [2.24, 2.45) is 0 Å². The van der Waals surface area contributed by atoms with Gasteiger partial charge in [0.15, 0.2) is 0 Å². The Morgan fingerprint density at radius 1 is 1.38 bits per heavy atom. The molecule has 0 aliphatic carbocycles. The first-order valence-electron chi connectivity index (χ1n) is 7.31. The molecule has 1 aromatic rings. The number of nitrogens with one attached hydrogen (secondary N) is 1. The van der Waals surface area contributed by atoms with E-state index in [1.807, 2.05) is 14.1 Å². The predicted octanol–water partition coefficient (Wildman–Crippen LogP) is 2.39. The van der Waals surface area contributed by atoms with Crippen LogP contribution in [0.3, 0.4) is 0 Å². The van der Waals surface area contributed by atoms with Crippen LogP contribution in [-0.4, -0.2) is 39.3 Å². The molecule has 0 unspecified atom stereocenters. The Morgan fingerprint density at radius 2 is 2.05 bits per heavy atom. The highest BCUT2D eigenvalue weighted by Gasteiger charge is 2.11. The molecule has 0 aliphatic rings. The highest BCUT2D eigenvalue weighted by atomic mass is 16.5. The van der Waals surface area contributed by atoms with Crippen LogP contribution >= 0.6 is 0 Å². The number of hydrogen-bond donors (Lipinski definition) is 1. The summed E-state index contributed by atoms with van der Waals surface area (Å²) in [5.41, 5.74) is 2.48. The summed E-state index contributed by atoms with van der Waals surface area (Å²) in [4.78, 5) is 13.8. The number of hydrogen-bond acceptors (Lipinski definition) is 3. The van der Waals surface area contributed by atoms with E-state index in [4.69, 9.17) is 4.74 Å². The van der Waals surface area contributed by atoms with Gasteiger partial charge < -0.3 is 15.0 Å². The molecule has 1 amide bonds. The average Bonchev–Trinajstić information content (AvgIpc) is 2.49. The van der Waals surface area contributed by atoms with Crippen LogP contribution in [-0.2, 0) is 16.0 Å². The Balaban J connectivity index is 2.24. The number of aryl methyl sites for hydroxylation is 1. The lowest BCUT2D eigenvalue weighted by Crippen LogP contribution is -2.35. The molecule has 0 aliphatic heterocycles. The van der Waals surface area contributed by atoms with Gasteiger partial charge in [-0.1, -0.05) is 18.2 Å². The van der Waals surface area contributed by atoms with Gasteiger partial charge in [-0.3, -0.25) is 4.79 Å². The molecule has 0 saturated carbocycles. The number of carbonyl (C=O) groups is 1. The Hall–Kier alpha value is -1.81. The second-order valence-corrected chi connectivity index (χ2v) is 5.22. The first kappa shape index (κ1) is 17.2. The van der Waals surface area contributed by atoms with Crippen LogP contribution in [0.25, 0.3) is 0 Å². The Morgan fingerprint density at radius 3 is 2.62 bits per heavy atom. The normalized spacial score (nSPS) is 11.8. The summed E-state index contributed by atoms with van der Waals surface area (Å²) in [6, 6.07) is 8.48. The molecule has 1 aromatic carbocycles. The molecule has 4 heteroatoms. The maximum atomic E-state index is 11.7. The van der Waals surface area contributed by atoms with Crippen molar-refractivity contribution in [2.75, 3.05) is 32.1 Å². The topological polar surface area (TPSA) is 41.6 Å². The van der Waals surface area contributed by atoms with E-state index in [0.29, 0.717) is 13.2 Å². The minimum absolute atomic E-state index is 0.0696.